The van der Waals surface area contributed by atoms with Crippen LogP contribution in [0, 0.1) is 6.92 Å². The number of nitrogens with zero attached hydrogens (tertiary/aromatic N) is 2. The van der Waals surface area contributed by atoms with E-state index in [1.165, 1.54) is 30.3 Å². The van der Waals surface area contributed by atoms with E-state index in [0.29, 0.717) is 0 Å². The van der Waals surface area contributed by atoms with E-state index < -0.39 is 46.7 Å². The molecule has 1 aliphatic rings. The summed E-state index contributed by atoms with van der Waals surface area (Å²) >= 11 is 12.3. The highest BCUT2D eigenvalue weighted by Crippen LogP contribution is 2.33. The smallest absolute Gasteiger partial charge is 0.325 e. The molecule has 3 rings (SSSR count). The molecule has 1 saturated heterocycles. The van der Waals surface area contributed by atoms with Gasteiger partial charge in [-0.2, -0.15) is 0 Å². The molecule has 0 spiro atoms. The Balaban J connectivity index is 1.96. The molecule has 1 atom stereocenters. The van der Waals surface area contributed by atoms with Crippen molar-refractivity contribution in [3.8, 4) is 0 Å². The molecule has 32 heavy (non-hydrogen) atoms. The molecule has 3 amide bonds. The number of hydrogen-bond donors (Lipinski definition) is 2. The zero-order valence-corrected chi connectivity index (χ0v) is 20.0. The van der Waals surface area contributed by atoms with E-state index in [0.717, 1.165) is 14.8 Å². The first kappa shape index (κ1) is 24.3. The number of amides is 3. The van der Waals surface area contributed by atoms with Crippen LogP contribution in [0.25, 0.3) is 0 Å². The van der Waals surface area contributed by atoms with Gasteiger partial charge in [0, 0.05) is 5.02 Å². The van der Waals surface area contributed by atoms with Crippen molar-refractivity contribution >= 4 is 50.9 Å². The molecule has 2 N–H and O–H groups in total. The van der Waals surface area contributed by atoms with Crippen LogP contribution < -0.4 is 9.62 Å². The van der Waals surface area contributed by atoms with Crippen molar-refractivity contribution in [2.45, 2.75) is 37.3 Å². The number of urea groups is 1. The summed E-state index contributed by atoms with van der Waals surface area (Å²) in [5, 5.41) is 13.6. The molecule has 0 unspecified atom stereocenters. The minimum absolute atomic E-state index is 0.0116. The van der Waals surface area contributed by atoms with Gasteiger partial charge < -0.3 is 10.4 Å². The van der Waals surface area contributed by atoms with E-state index in [1.54, 1.807) is 26.0 Å². The van der Waals surface area contributed by atoms with Crippen molar-refractivity contribution in [3.63, 3.8) is 0 Å². The number of aliphatic hydroxyl groups is 1. The number of imide groups is 1. The number of carbonyl (C=O) groups excluding carboxylic acids is 2. The standard InChI is InChI=1S/C21H23Cl2N3O5S/c1-13-4-7-16(8-5-13)32(30,31)26(18-10-14(22)6-9-17(18)23)12-15(27)11-25-19(28)21(2,3)24-20(25)29/h4-10,15,27H,11-12H2,1-3H3,(H,24,29)/t15-/m0/s1. The van der Waals surface area contributed by atoms with Crippen molar-refractivity contribution in [3.05, 3.63) is 58.1 Å². The van der Waals surface area contributed by atoms with Crippen LogP contribution in [0.1, 0.15) is 19.4 Å². The number of benzene rings is 2. The van der Waals surface area contributed by atoms with Crippen LogP contribution in [0.3, 0.4) is 0 Å². The highest BCUT2D eigenvalue weighted by Gasteiger charge is 2.45. The van der Waals surface area contributed by atoms with Crippen LogP contribution in [-0.2, 0) is 14.8 Å². The van der Waals surface area contributed by atoms with E-state index in [1.807, 2.05) is 6.92 Å². The summed E-state index contributed by atoms with van der Waals surface area (Å²) in [6.45, 7) is 4.05. The summed E-state index contributed by atoms with van der Waals surface area (Å²) in [5.41, 5.74) is -0.172. The van der Waals surface area contributed by atoms with Gasteiger partial charge in [0.15, 0.2) is 0 Å². The molecule has 1 fully saturated rings. The summed E-state index contributed by atoms with van der Waals surface area (Å²) in [7, 11) is -4.16. The zero-order valence-electron chi connectivity index (χ0n) is 17.7. The highest BCUT2D eigenvalue weighted by atomic mass is 35.5. The van der Waals surface area contributed by atoms with Gasteiger partial charge in [-0.25, -0.2) is 13.2 Å². The SMILES string of the molecule is Cc1ccc(S(=O)(=O)N(C[C@@H](O)CN2C(=O)NC(C)(C)C2=O)c2cc(Cl)ccc2Cl)cc1. The van der Waals surface area contributed by atoms with Crippen LogP contribution in [0.4, 0.5) is 10.5 Å². The van der Waals surface area contributed by atoms with Gasteiger partial charge in [-0.1, -0.05) is 40.9 Å². The molecular formula is C21H23Cl2N3O5S. The molecule has 8 nitrogen and oxygen atoms in total. The first-order valence-corrected chi connectivity index (χ1v) is 11.9. The number of carbonyl (C=O) groups is 2. The van der Waals surface area contributed by atoms with Gasteiger partial charge in [0.1, 0.15) is 5.54 Å². The molecule has 2 aromatic rings. The van der Waals surface area contributed by atoms with Crippen LogP contribution in [-0.4, -0.2) is 55.1 Å². The van der Waals surface area contributed by atoms with E-state index in [2.05, 4.69) is 5.32 Å². The Hall–Kier alpha value is -2.33. The monoisotopic (exact) mass is 499 g/mol. The second-order valence-corrected chi connectivity index (χ2v) is 10.8. The van der Waals surface area contributed by atoms with Gasteiger partial charge in [0.25, 0.3) is 15.9 Å². The summed E-state index contributed by atoms with van der Waals surface area (Å²) in [6, 6.07) is 9.86. The molecule has 0 aliphatic carbocycles. The van der Waals surface area contributed by atoms with E-state index in [4.69, 9.17) is 23.2 Å². The molecule has 172 valence electrons. The third kappa shape index (κ3) is 4.85. The topological polar surface area (TPSA) is 107 Å². The second kappa shape index (κ2) is 8.90. The maximum atomic E-state index is 13.5. The van der Waals surface area contributed by atoms with Crippen LogP contribution in [0.5, 0.6) is 0 Å². The minimum Gasteiger partial charge on any atom is -0.389 e. The maximum Gasteiger partial charge on any atom is 0.325 e. The minimum atomic E-state index is -4.16. The summed E-state index contributed by atoms with van der Waals surface area (Å²) in [4.78, 5) is 25.4. The Labute approximate surface area is 196 Å². The van der Waals surface area contributed by atoms with Crippen LogP contribution >= 0.6 is 23.2 Å². The van der Waals surface area contributed by atoms with Gasteiger partial charge in [0.2, 0.25) is 0 Å². The number of anilines is 1. The largest absolute Gasteiger partial charge is 0.389 e. The van der Waals surface area contributed by atoms with Crippen LogP contribution in [0.15, 0.2) is 47.4 Å². The number of halogens is 2. The normalized spacial score (nSPS) is 16.8. The zero-order chi connectivity index (χ0) is 23.8. The number of rotatable bonds is 7. The lowest BCUT2D eigenvalue weighted by Gasteiger charge is -2.29. The fourth-order valence-electron chi connectivity index (χ4n) is 3.28. The number of sulfonamides is 1. The Bertz CT molecular complexity index is 1150. The van der Waals surface area contributed by atoms with Crippen LogP contribution in [0.2, 0.25) is 10.0 Å². The maximum absolute atomic E-state index is 13.5. The van der Waals surface area contributed by atoms with E-state index >= 15 is 0 Å². The molecule has 1 aliphatic heterocycles. The molecule has 11 heteroatoms. The highest BCUT2D eigenvalue weighted by molar-refractivity contribution is 7.92. The van der Waals surface area contributed by atoms with Crippen molar-refractivity contribution in [2.75, 3.05) is 17.4 Å². The fraction of sp³-hybridized carbons (Fsp3) is 0.333. The van der Waals surface area contributed by atoms with Crippen molar-refractivity contribution in [1.82, 2.24) is 10.2 Å². The van der Waals surface area contributed by atoms with Gasteiger partial charge in [0.05, 0.1) is 34.8 Å². The third-order valence-corrected chi connectivity index (χ3v) is 7.35. The summed E-state index contributed by atoms with van der Waals surface area (Å²) in [5.74, 6) is -0.518. The van der Waals surface area contributed by atoms with Crippen molar-refractivity contribution < 1.29 is 23.1 Å². The number of β-amino-alcohol motifs (C(OH)–C–C–N with tert-alkyl or cyclic N) is 1. The van der Waals surface area contributed by atoms with E-state index in [-0.39, 0.29) is 20.6 Å². The second-order valence-electron chi connectivity index (χ2n) is 8.07. The molecular weight excluding hydrogens is 477 g/mol. The molecule has 0 bridgehead atoms. The van der Waals surface area contributed by atoms with Crippen molar-refractivity contribution in [2.24, 2.45) is 0 Å². The lowest BCUT2D eigenvalue weighted by Crippen LogP contribution is -2.45. The molecule has 2 aromatic carbocycles. The summed E-state index contributed by atoms with van der Waals surface area (Å²) in [6.07, 6.45) is -1.39. The van der Waals surface area contributed by atoms with Crippen molar-refractivity contribution in [1.29, 1.82) is 0 Å². The predicted molar refractivity (Wildman–Crippen MR) is 123 cm³/mol. The molecule has 0 radical (unpaired) electrons. The lowest BCUT2D eigenvalue weighted by molar-refractivity contribution is -0.131. The average Bonchev–Trinajstić information content (AvgIpc) is 2.90. The first-order valence-electron chi connectivity index (χ1n) is 9.69. The fourth-order valence-corrected chi connectivity index (χ4v) is 5.23. The summed E-state index contributed by atoms with van der Waals surface area (Å²) < 4.78 is 27.9. The number of aliphatic hydroxyl groups excluding tert-OH is 1. The predicted octanol–water partition coefficient (Wildman–Crippen LogP) is 3.19. The van der Waals surface area contributed by atoms with E-state index in [9.17, 15) is 23.1 Å². The van der Waals surface area contributed by atoms with Gasteiger partial charge in [-0.05, 0) is 51.1 Å². The quantitative estimate of drug-likeness (QED) is 0.568. The number of hydrogen-bond acceptors (Lipinski definition) is 5. The third-order valence-electron chi connectivity index (χ3n) is 5.00. The average molecular weight is 500 g/mol. The number of nitrogens with one attached hydrogen (secondary N) is 1. The molecule has 0 aromatic heterocycles. The Kier molecular flexibility index (Phi) is 6.76. The molecule has 0 saturated carbocycles. The number of aryl methyl sites for hydroxylation is 1. The first-order chi connectivity index (χ1) is 14.8. The van der Waals surface area contributed by atoms with Gasteiger partial charge in [-0.15, -0.1) is 0 Å². The van der Waals surface area contributed by atoms with Gasteiger partial charge in [-0.3, -0.25) is 14.0 Å². The Morgan fingerprint density at radius 1 is 1.12 bits per heavy atom. The molecule has 1 heterocycles. The van der Waals surface area contributed by atoms with Gasteiger partial charge >= 0.3 is 6.03 Å². The lowest BCUT2D eigenvalue weighted by atomic mass is 10.1. The Morgan fingerprint density at radius 3 is 2.31 bits per heavy atom. The Morgan fingerprint density at radius 2 is 1.75 bits per heavy atom.